The number of nitrogens with zero attached hydrogens (tertiary/aromatic N) is 4. The molecule has 0 aliphatic heterocycles. The van der Waals surface area contributed by atoms with Gasteiger partial charge in [-0.15, -0.1) is 0 Å². The van der Waals surface area contributed by atoms with Gasteiger partial charge < -0.3 is 0 Å². The lowest BCUT2D eigenvalue weighted by Crippen LogP contribution is -2.12. The Morgan fingerprint density at radius 1 is 1.23 bits per heavy atom. The van der Waals surface area contributed by atoms with Gasteiger partial charge in [-0.1, -0.05) is 23.5 Å². The molecule has 1 aromatic carbocycles. The SMILES string of the molecule is CSC(=Nc1ccc(Sc2ncccc2C#N)cc1)NC#N. The molecule has 0 amide bonds. The minimum atomic E-state index is 0.541. The second-order valence-electron chi connectivity index (χ2n) is 3.92. The molecule has 0 aliphatic carbocycles. The van der Waals surface area contributed by atoms with E-state index in [1.165, 1.54) is 23.5 Å². The molecule has 2 rings (SSSR count). The Balaban J connectivity index is 2.16. The maximum Gasteiger partial charge on any atom is 0.183 e. The Morgan fingerprint density at radius 3 is 2.64 bits per heavy atom. The van der Waals surface area contributed by atoms with Crippen molar-refractivity contribution in [3.63, 3.8) is 0 Å². The highest BCUT2D eigenvalue weighted by Crippen LogP contribution is 2.29. The molecule has 0 saturated heterocycles. The average molecular weight is 325 g/mol. The summed E-state index contributed by atoms with van der Waals surface area (Å²) in [5.41, 5.74) is 1.30. The topological polar surface area (TPSA) is 84.9 Å². The third kappa shape index (κ3) is 4.26. The molecular formula is C15H11N5S2. The van der Waals surface area contributed by atoms with Crippen molar-refractivity contribution in [1.29, 1.82) is 10.5 Å². The highest BCUT2D eigenvalue weighted by Gasteiger charge is 2.05. The fourth-order valence-electron chi connectivity index (χ4n) is 1.55. The van der Waals surface area contributed by atoms with Crippen LogP contribution in [0, 0.1) is 22.8 Å². The molecular weight excluding hydrogens is 314 g/mol. The Hall–Kier alpha value is -2.48. The van der Waals surface area contributed by atoms with E-state index in [2.05, 4.69) is 21.4 Å². The number of nitrogens with one attached hydrogen (secondary N) is 1. The van der Waals surface area contributed by atoms with Crippen LogP contribution in [0.1, 0.15) is 5.56 Å². The number of nitriles is 2. The van der Waals surface area contributed by atoms with Gasteiger partial charge in [-0.3, -0.25) is 5.32 Å². The summed E-state index contributed by atoms with van der Waals surface area (Å²) in [5.74, 6) is 0. The van der Waals surface area contributed by atoms with Crippen molar-refractivity contribution in [1.82, 2.24) is 10.3 Å². The van der Waals surface area contributed by atoms with Crippen LogP contribution in [-0.2, 0) is 0 Å². The smallest absolute Gasteiger partial charge is 0.183 e. The number of pyridine rings is 1. The third-order valence-corrected chi connectivity index (χ3v) is 4.14. The van der Waals surface area contributed by atoms with Gasteiger partial charge in [0, 0.05) is 11.1 Å². The first kappa shape index (κ1) is 15.9. The second kappa shape index (κ2) is 8.08. The highest BCUT2D eigenvalue weighted by molar-refractivity contribution is 8.13. The van der Waals surface area contributed by atoms with Gasteiger partial charge in [-0.05, 0) is 42.7 Å². The molecule has 7 heteroatoms. The number of hydrogen-bond donors (Lipinski definition) is 1. The largest absolute Gasteiger partial charge is 0.271 e. The lowest BCUT2D eigenvalue weighted by atomic mass is 10.3. The summed E-state index contributed by atoms with van der Waals surface area (Å²) in [4.78, 5) is 9.50. The van der Waals surface area contributed by atoms with Gasteiger partial charge >= 0.3 is 0 Å². The quantitative estimate of drug-likeness (QED) is 0.402. The molecule has 1 heterocycles. The Morgan fingerprint density at radius 2 is 2.00 bits per heavy atom. The molecule has 0 unspecified atom stereocenters. The van der Waals surface area contributed by atoms with Crippen molar-refractivity contribution in [2.45, 2.75) is 9.92 Å². The van der Waals surface area contributed by atoms with Crippen LogP contribution < -0.4 is 5.32 Å². The van der Waals surface area contributed by atoms with Gasteiger partial charge in [0.1, 0.15) is 11.1 Å². The Bertz CT molecular complexity index is 757. The Kier molecular flexibility index (Phi) is 5.84. The van der Waals surface area contributed by atoms with Crippen LogP contribution in [0.3, 0.4) is 0 Å². The number of benzene rings is 1. The molecule has 22 heavy (non-hydrogen) atoms. The van der Waals surface area contributed by atoms with Crippen molar-refractivity contribution in [3.8, 4) is 12.3 Å². The molecule has 0 fully saturated rings. The first-order valence-electron chi connectivity index (χ1n) is 6.17. The van der Waals surface area contributed by atoms with Crippen molar-refractivity contribution in [2.24, 2.45) is 4.99 Å². The molecule has 5 nitrogen and oxygen atoms in total. The van der Waals surface area contributed by atoms with E-state index in [-0.39, 0.29) is 0 Å². The van der Waals surface area contributed by atoms with Crippen LogP contribution in [0.15, 0.2) is 57.5 Å². The molecule has 1 aromatic heterocycles. The summed E-state index contributed by atoms with van der Waals surface area (Å²) in [6, 6.07) is 13.1. The molecule has 0 radical (unpaired) electrons. The van der Waals surface area contributed by atoms with E-state index in [0.717, 1.165) is 10.6 Å². The average Bonchev–Trinajstić information content (AvgIpc) is 2.56. The zero-order valence-electron chi connectivity index (χ0n) is 11.6. The van der Waals surface area contributed by atoms with Gasteiger partial charge in [0.25, 0.3) is 0 Å². The number of thioether (sulfide) groups is 1. The van der Waals surface area contributed by atoms with Crippen molar-refractivity contribution in [3.05, 3.63) is 48.2 Å². The predicted molar refractivity (Wildman–Crippen MR) is 88.9 cm³/mol. The zero-order valence-corrected chi connectivity index (χ0v) is 13.3. The lowest BCUT2D eigenvalue weighted by Gasteiger charge is -2.03. The number of aromatic nitrogens is 1. The van der Waals surface area contributed by atoms with Gasteiger partial charge in [-0.25, -0.2) is 9.98 Å². The maximum absolute atomic E-state index is 9.06. The van der Waals surface area contributed by atoms with Crippen LogP contribution in [-0.4, -0.2) is 16.4 Å². The molecule has 108 valence electrons. The van der Waals surface area contributed by atoms with Crippen molar-refractivity contribution in [2.75, 3.05) is 6.26 Å². The maximum atomic E-state index is 9.06. The van der Waals surface area contributed by atoms with E-state index in [1.807, 2.05) is 36.7 Å². The predicted octanol–water partition coefficient (Wildman–Crippen LogP) is 3.53. The fraction of sp³-hybridized carbons (Fsp3) is 0.0667. The molecule has 1 N–H and O–H groups in total. The molecule has 2 aromatic rings. The molecule has 0 saturated carbocycles. The van der Waals surface area contributed by atoms with Gasteiger partial charge in [0.15, 0.2) is 11.4 Å². The summed E-state index contributed by atoms with van der Waals surface area (Å²) in [7, 11) is 0. The van der Waals surface area contributed by atoms with Crippen LogP contribution in [0.4, 0.5) is 5.69 Å². The number of amidine groups is 1. The molecule has 0 aliphatic rings. The summed E-state index contributed by atoms with van der Waals surface area (Å²) in [6.07, 6.45) is 5.36. The zero-order chi connectivity index (χ0) is 15.8. The lowest BCUT2D eigenvalue weighted by molar-refractivity contribution is 1.11. The van der Waals surface area contributed by atoms with Gasteiger partial charge in [-0.2, -0.15) is 10.5 Å². The molecule has 0 spiro atoms. The van der Waals surface area contributed by atoms with Gasteiger partial charge in [0.2, 0.25) is 0 Å². The fourth-order valence-corrected chi connectivity index (χ4v) is 2.72. The minimum absolute atomic E-state index is 0.541. The Labute approximate surface area is 137 Å². The summed E-state index contributed by atoms with van der Waals surface area (Å²) in [6.45, 7) is 0. The third-order valence-electron chi connectivity index (χ3n) is 2.53. The van der Waals surface area contributed by atoms with Crippen LogP contribution in [0.5, 0.6) is 0 Å². The molecule has 0 atom stereocenters. The van der Waals surface area contributed by atoms with Crippen LogP contribution in [0.2, 0.25) is 0 Å². The number of rotatable bonds is 3. The highest BCUT2D eigenvalue weighted by atomic mass is 32.2. The van der Waals surface area contributed by atoms with E-state index >= 15 is 0 Å². The van der Waals surface area contributed by atoms with Crippen LogP contribution >= 0.6 is 23.5 Å². The summed E-state index contributed by atoms with van der Waals surface area (Å²) in [5, 5.41) is 21.4. The summed E-state index contributed by atoms with van der Waals surface area (Å²) < 4.78 is 0. The van der Waals surface area contributed by atoms with Crippen molar-refractivity contribution >= 4 is 34.4 Å². The van der Waals surface area contributed by atoms with Gasteiger partial charge in [0.05, 0.1) is 11.3 Å². The van der Waals surface area contributed by atoms with Crippen molar-refractivity contribution < 1.29 is 0 Å². The molecule has 0 bridgehead atoms. The second-order valence-corrected chi connectivity index (χ2v) is 5.78. The van der Waals surface area contributed by atoms with E-state index in [1.54, 1.807) is 18.3 Å². The van der Waals surface area contributed by atoms with E-state index in [9.17, 15) is 0 Å². The first-order valence-corrected chi connectivity index (χ1v) is 8.21. The number of hydrogen-bond acceptors (Lipinski definition) is 6. The number of aliphatic imine (C=N–C) groups is 1. The standard InChI is InChI=1S/C15H11N5S2/c1-21-15(19-10-17)20-12-4-6-13(7-5-12)22-14-11(9-16)3-2-8-18-14/h2-8H,1H3,(H,19,20). The monoisotopic (exact) mass is 325 g/mol. The van der Waals surface area contributed by atoms with E-state index in [4.69, 9.17) is 10.5 Å². The van der Waals surface area contributed by atoms with E-state index < -0.39 is 0 Å². The summed E-state index contributed by atoms with van der Waals surface area (Å²) >= 11 is 2.79. The van der Waals surface area contributed by atoms with Crippen LogP contribution in [0.25, 0.3) is 0 Å². The first-order chi connectivity index (χ1) is 10.8. The minimum Gasteiger partial charge on any atom is -0.271 e. The van der Waals surface area contributed by atoms with E-state index in [0.29, 0.717) is 15.8 Å². The normalized spacial score (nSPS) is 10.6.